The van der Waals surface area contributed by atoms with Crippen LogP contribution in [0.3, 0.4) is 0 Å². The van der Waals surface area contributed by atoms with Crippen LogP contribution in [0.4, 0.5) is 0 Å². The Morgan fingerprint density at radius 3 is 2.71 bits per heavy atom. The largest absolute Gasteiger partial charge is 0.481 e. The van der Waals surface area contributed by atoms with E-state index >= 15 is 0 Å². The summed E-state index contributed by atoms with van der Waals surface area (Å²) in [6.45, 7) is 11.7. The van der Waals surface area contributed by atoms with E-state index < -0.39 is 5.97 Å². The second-order valence-corrected chi connectivity index (χ2v) is 6.12. The van der Waals surface area contributed by atoms with Crippen LogP contribution in [-0.2, 0) is 4.79 Å². The molecule has 1 atom stereocenters. The molecule has 1 unspecified atom stereocenters. The molecule has 0 aliphatic carbocycles. The number of piperazine rings is 1. The first-order valence-corrected chi connectivity index (χ1v) is 6.51. The normalized spacial score (nSPS) is 25.1. The summed E-state index contributed by atoms with van der Waals surface area (Å²) in [5, 5.41) is 12.2. The highest BCUT2D eigenvalue weighted by atomic mass is 16.4. The van der Waals surface area contributed by atoms with Crippen LogP contribution in [0.2, 0.25) is 0 Å². The van der Waals surface area contributed by atoms with Crippen LogP contribution in [0.1, 0.15) is 40.5 Å². The van der Waals surface area contributed by atoms with Crippen LogP contribution >= 0.6 is 0 Å². The predicted molar refractivity (Wildman–Crippen MR) is 69.2 cm³/mol. The molecule has 1 fully saturated rings. The lowest BCUT2D eigenvalue weighted by molar-refractivity contribution is -0.138. The number of hydrogen-bond donors (Lipinski definition) is 2. The first-order chi connectivity index (χ1) is 7.81. The van der Waals surface area contributed by atoms with Crippen LogP contribution in [-0.4, -0.2) is 47.2 Å². The lowest BCUT2D eigenvalue weighted by Gasteiger charge is -2.46. The maximum absolute atomic E-state index is 10.7. The van der Waals surface area contributed by atoms with Gasteiger partial charge in [0.05, 0.1) is 6.42 Å². The minimum absolute atomic E-state index is 0.0905. The molecule has 1 aliphatic rings. The fraction of sp³-hybridized carbons (Fsp3) is 0.923. The van der Waals surface area contributed by atoms with Gasteiger partial charge in [-0.2, -0.15) is 0 Å². The summed E-state index contributed by atoms with van der Waals surface area (Å²) in [7, 11) is 0. The van der Waals surface area contributed by atoms with Crippen molar-refractivity contribution in [1.82, 2.24) is 10.2 Å². The lowest BCUT2D eigenvalue weighted by Crippen LogP contribution is -2.62. The summed E-state index contributed by atoms with van der Waals surface area (Å²) >= 11 is 0. The quantitative estimate of drug-likeness (QED) is 0.768. The highest BCUT2D eigenvalue weighted by molar-refractivity contribution is 5.67. The lowest BCUT2D eigenvalue weighted by atomic mass is 9.95. The highest BCUT2D eigenvalue weighted by Crippen LogP contribution is 2.20. The van der Waals surface area contributed by atoms with Gasteiger partial charge in [-0.25, -0.2) is 0 Å². The van der Waals surface area contributed by atoms with Crippen molar-refractivity contribution in [3.8, 4) is 0 Å². The summed E-state index contributed by atoms with van der Waals surface area (Å²) in [6.07, 6.45) is 1.39. The first-order valence-electron chi connectivity index (χ1n) is 6.51. The van der Waals surface area contributed by atoms with Crippen molar-refractivity contribution in [2.75, 3.05) is 19.6 Å². The molecule has 1 saturated heterocycles. The SMILES string of the molecule is CC(C)CCN1CC(CC(=O)O)NCC1(C)C. The molecule has 0 amide bonds. The number of carboxylic acid groups (broad SMARTS) is 1. The van der Waals surface area contributed by atoms with Gasteiger partial charge in [0.25, 0.3) is 0 Å². The minimum Gasteiger partial charge on any atom is -0.481 e. The third-order valence-corrected chi connectivity index (χ3v) is 3.52. The summed E-state index contributed by atoms with van der Waals surface area (Å²) in [5.74, 6) is -0.0235. The van der Waals surface area contributed by atoms with Crippen LogP contribution in [0.15, 0.2) is 0 Å². The summed E-state index contributed by atoms with van der Waals surface area (Å²) < 4.78 is 0. The van der Waals surface area contributed by atoms with E-state index in [1.807, 2.05) is 0 Å². The van der Waals surface area contributed by atoms with E-state index in [9.17, 15) is 4.79 Å². The van der Waals surface area contributed by atoms with E-state index in [1.165, 1.54) is 6.42 Å². The zero-order valence-corrected chi connectivity index (χ0v) is 11.5. The molecule has 0 aromatic heterocycles. The fourth-order valence-corrected chi connectivity index (χ4v) is 2.24. The predicted octanol–water partition coefficient (Wildman–Crippen LogP) is 1.56. The Balaban J connectivity index is 2.53. The number of rotatable bonds is 5. The van der Waals surface area contributed by atoms with E-state index in [0.717, 1.165) is 19.6 Å². The van der Waals surface area contributed by atoms with E-state index in [-0.39, 0.29) is 18.0 Å². The van der Waals surface area contributed by atoms with Crippen LogP contribution in [0.5, 0.6) is 0 Å². The smallest absolute Gasteiger partial charge is 0.304 e. The van der Waals surface area contributed by atoms with E-state index in [1.54, 1.807) is 0 Å². The van der Waals surface area contributed by atoms with Gasteiger partial charge in [-0.15, -0.1) is 0 Å². The third-order valence-electron chi connectivity index (χ3n) is 3.52. The maximum atomic E-state index is 10.7. The molecule has 17 heavy (non-hydrogen) atoms. The summed E-state index contributed by atoms with van der Waals surface area (Å²) in [4.78, 5) is 13.2. The van der Waals surface area contributed by atoms with Crippen molar-refractivity contribution in [2.24, 2.45) is 5.92 Å². The zero-order chi connectivity index (χ0) is 13.1. The number of nitrogens with zero attached hydrogens (tertiary/aromatic N) is 1. The Hall–Kier alpha value is -0.610. The van der Waals surface area contributed by atoms with Crippen LogP contribution in [0, 0.1) is 5.92 Å². The molecule has 100 valence electrons. The number of aliphatic carboxylic acids is 1. The van der Waals surface area contributed by atoms with Gasteiger partial charge in [0.15, 0.2) is 0 Å². The van der Waals surface area contributed by atoms with Gasteiger partial charge >= 0.3 is 5.97 Å². The van der Waals surface area contributed by atoms with E-state index in [4.69, 9.17) is 5.11 Å². The molecule has 0 aromatic rings. The van der Waals surface area contributed by atoms with E-state index in [0.29, 0.717) is 5.92 Å². The second kappa shape index (κ2) is 5.83. The Bertz CT molecular complexity index is 264. The standard InChI is InChI=1S/C13H26N2O2/c1-10(2)5-6-15-8-11(7-12(16)17)14-9-13(15,3)4/h10-11,14H,5-9H2,1-4H3,(H,16,17). The van der Waals surface area contributed by atoms with Crippen molar-refractivity contribution < 1.29 is 9.90 Å². The molecule has 1 aliphatic heterocycles. The number of hydrogen-bond acceptors (Lipinski definition) is 3. The molecule has 0 aromatic carbocycles. The van der Waals surface area contributed by atoms with Gasteiger partial charge in [-0.3, -0.25) is 9.69 Å². The number of carbonyl (C=O) groups is 1. The molecule has 0 spiro atoms. The highest BCUT2D eigenvalue weighted by Gasteiger charge is 2.34. The topological polar surface area (TPSA) is 52.6 Å². The van der Waals surface area contributed by atoms with Gasteiger partial charge in [-0.1, -0.05) is 13.8 Å². The van der Waals surface area contributed by atoms with Gasteiger partial charge < -0.3 is 10.4 Å². The molecule has 0 saturated carbocycles. The third kappa shape index (κ3) is 4.64. The number of nitrogens with one attached hydrogen (secondary N) is 1. The minimum atomic E-state index is -0.717. The summed E-state index contributed by atoms with van der Waals surface area (Å²) in [6, 6.07) is 0.0905. The van der Waals surface area contributed by atoms with Crippen LogP contribution < -0.4 is 5.32 Å². The molecule has 4 heteroatoms. The average molecular weight is 242 g/mol. The molecule has 2 N–H and O–H groups in total. The summed E-state index contributed by atoms with van der Waals surface area (Å²) in [5.41, 5.74) is 0.129. The first kappa shape index (κ1) is 14.5. The molecule has 0 radical (unpaired) electrons. The molecule has 1 rings (SSSR count). The van der Waals surface area contributed by atoms with Crippen molar-refractivity contribution >= 4 is 5.97 Å². The van der Waals surface area contributed by atoms with Crippen molar-refractivity contribution in [2.45, 2.75) is 52.1 Å². The second-order valence-electron chi connectivity index (χ2n) is 6.12. The Morgan fingerprint density at radius 2 is 2.18 bits per heavy atom. The Kier molecular flexibility index (Phi) is 4.95. The molecule has 4 nitrogen and oxygen atoms in total. The maximum Gasteiger partial charge on any atom is 0.304 e. The van der Waals surface area contributed by atoms with Crippen molar-refractivity contribution in [3.05, 3.63) is 0 Å². The van der Waals surface area contributed by atoms with Gasteiger partial charge in [0.1, 0.15) is 0 Å². The molecule has 0 bridgehead atoms. The Labute approximate surface area is 104 Å². The number of carboxylic acids is 1. The van der Waals surface area contributed by atoms with Gasteiger partial charge in [-0.05, 0) is 32.7 Å². The van der Waals surface area contributed by atoms with Gasteiger partial charge in [0, 0.05) is 24.7 Å². The monoisotopic (exact) mass is 242 g/mol. The zero-order valence-electron chi connectivity index (χ0n) is 11.5. The average Bonchev–Trinajstić information content (AvgIpc) is 2.17. The molecular formula is C13H26N2O2. The van der Waals surface area contributed by atoms with E-state index in [2.05, 4.69) is 37.9 Å². The van der Waals surface area contributed by atoms with Crippen LogP contribution in [0.25, 0.3) is 0 Å². The van der Waals surface area contributed by atoms with Crippen molar-refractivity contribution in [1.29, 1.82) is 0 Å². The van der Waals surface area contributed by atoms with Gasteiger partial charge in [0.2, 0.25) is 0 Å². The molecule has 1 heterocycles. The Morgan fingerprint density at radius 1 is 1.53 bits per heavy atom. The van der Waals surface area contributed by atoms with Crippen molar-refractivity contribution in [3.63, 3.8) is 0 Å². The fourth-order valence-electron chi connectivity index (χ4n) is 2.24. The molecular weight excluding hydrogens is 216 g/mol.